The molecule has 1 aromatic carbocycles. The summed E-state index contributed by atoms with van der Waals surface area (Å²) in [6, 6.07) is 4.24. The van der Waals surface area contributed by atoms with Gasteiger partial charge in [-0.15, -0.1) is 0 Å². The molecule has 0 aliphatic heterocycles. The minimum atomic E-state index is -2.11. The number of aliphatic imine (C=N–C) groups is 1. The van der Waals surface area contributed by atoms with E-state index in [-0.39, 0.29) is 16.0 Å². The molecule has 130 valence electrons. The van der Waals surface area contributed by atoms with Gasteiger partial charge in [0.05, 0.1) is 10.2 Å². The predicted octanol–water partition coefficient (Wildman–Crippen LogP) is 3.12. The van der Waals surface area contributed by atoms with E-state index in [2.05, 4.69) is 41.2 Å². The average molecular weight is 418 g/mol. The zero-order chi connectivity index (χ0) is 17.7. The molecule has 0 amide bonds. The van der Waals surface area contributed by atoms with Crippen LogP contribution in [0, 0.1) is 15.4 Å². The molecule has 0 fully saturated rings. The number of amidine groups is 1. The molecule has 0 bridgehead atoms. The SMILES string of the molecule is CCS(=N)(=N)CCNc1nonc1C(N)=Nc1ccc(F)c(Br)c1. The molecule has 0 spiro atoms. The fourth-order valence-corrected chi connectivity index (χ4v) is 2.81. The van der Waals surface area contributed by atoms with E-state index >= 15 is 0 Å². The summed E-state index contributed by atoms with van der Waals surface area (Å²) < 4.78 is 33.8. The van der Waals surface area contributed by atoms with Crippen molar-refractivity contribution in [2.45, 2.75) is 6.92 Å². The number of nitrogens with two attached hydrogens (primary N) is 1. The highest BCUT2D eigenvalue weighted by Crippen LogP contribution is 2.23. The van der Waals surface area contributed by atoms with Gasteiger partial charge in [-0.1, -0.05) is 16.5 Å². The monoisotopic (exact) mass is 417 g/mol. The third kappa shape index (κ3) is 4.74. The van der Waals surface area contributed by atoms with Gasteiger partial charge in [0.25, 0.3) is 0 Å². The summed E-state index contributed by atoms with van der Waals surface area (Å²) in [7, 11) is -2.11. The van der Waals surface area contributed by atoms with Crippen LogP contribution in [0.1, 0.15) is 12.6 Å². The van der Waals surface area contributed by atoms with Crippen LogP contribution < -0.4 is 11.1 Å². The van der Waals surface area contributed by atoms with E-state index in [9.17, 15) is 4.39 Å². The van der Waals surface area contributed by atoms with Gasteiger partial charge in [-0.25, -0.2) is 14.0 Å². The van der Waals surface area contributed by atoms with E-state index in [1.165, 1.54) is 18.2 Å². The van der Waals surface area contributed by atoms with E-state index in [4.69, 9.17) is 15.3 Å². The molecule has 1 aromatic heterocycles. The first kappa shape index (κ1) is 18.3. The molecule has 1 heterocycles. The quantitative estimate of drug-likeness (QED) is 0.404. The molecule has 0 saturated carbocycles. The van der Waals surface area contributed by atoms with Gasteiger partial charge >= 0.3 is 0 Å². The highest BCUT2D eigenvalue weighted by molar-refractivity contribution is 9.10. The molecule has 0 saturated heterocycles. The summed E-state index contributed by atoms with van der Waals surface area (Å²) in [6.45, 7) is 2.21. The first-order chi connectivity index (χ1) is 11.3. The number of nitrogens with zero attached hydrogens (tertiary/aromatic N) is 3. The molecule has 11 heteroatoms. The third-order valence-corrected chi connectivity index (χ3v) is 5.61. The Labute approximate surface area is 147 Å². The highest BCUT2D eigenvalue weighted by atomic mass is 79.9. The molecular formula is C13H17BrFN7OS. The van der Waals surface area contributed by atoms with Crippen LogP contribution in [-0.2, 0) is 9.62 Å². The van der Waals surface area contributed by atoms with Gasteiger partial charge < -0.3 is 11.1 Å². The topological polar surface area (TPSA) is 137 Å². The lowest BCUT2D eigenvalue weighted by Gasteiger charge is -2.08. The molecule has 0 aliphatic rings. The standard InChI is InChI=1S/C13H17BrFN7OS/c1-2-24(17,18)6-5-19-13-11(21-23-22-13)12(16)20-8-3-4-10(15)9(14)7-8/h3-4,7,17-18H,2,5-6H2,1H3,(H2,16,20)(H,19,22). The van der Waals surface area contributed by atoms with Crippen molar-refractivity contribution in [2.24, 2.45) is 10.7 Å². The van der Waals surface area contributed by atoms with E-state index < -0.39 is 15.4 Å². The summed E-state index contributed by atoms with van der Waals surface area (Å²) in [5.74, 6) is 0.844. The lowest BCUT2D eigenvalue weighted by atomic mass is 10.3. The second-order valence-corrected chi connectivity index (χ2v) is 8.47. The van der Waals surface area contributed by atoms with Gasteiger partial charge in [0, 0.05) is 18.1 Å². The lowest BCUT2D eigenvalue weighted by molar-refractivity contribution is 0.308. The van der Waals surface area contributed by atoms with Crippen molar-refractivity contribution < 1.29 is 9.02 Å². The van der Waals surface area contributed by atoms with Crippen LogP contribution >= 0.6 is 15.9 Å². The number of benzene rings is 1. The molecule has 5 N–H and O–H groups in total. The Kier molecular flexibility index (Phi) is 5.89. The van der Waals surface area contributed by atoms with Crippen molar-refractivity contribution in [2.75, 3.05) is 23.4 Å². The first-order valence-corrected chi connectivity index (χ1v) is 9.72. The second-order valence-electron chi connectivity index (χ2n) is 4.86. The van der Waals surface area contributed by atoms with Gasteiger partial charge in [0.15, 0.2) is 11.5 Å². The Balaban J connectivity index is 2.13. The van der Waals surface area contributed by atoms with Crippen molar-refractivity contribution >= 4 is 42.9 Å². The smallest absolute Gasteiger partial charge is 0.202 e. The summed E-state index contributed by atoms with van der Waals surface area (Å²) >= 11 is 3.08. The predicted molar refractivity (Wildman–Crippen MR) is 95.5 cm³/mol. The van der Waals surface area contributed by atoms with Crippen LogP contribution in [0.4, 0.5) is 15.9 Å². The number of anilines is 1. The molecule has 0 radical (unpaired) electrons. The first-order valence-electron chi connectivity index (χ1n) is 6.96. The van der Waals surface area contributed by atoms with Crippen LogP contribution in [-0.4, -0.2) is 34.2 Å². The van der Waals surface area contributed by atoms with E-state index in [1.54, 1.807) is 0 Å². The molecule has 2 rings (SSSR count). The number of hydrogen-bond acceptors (Lipinski definition) is 7. The normalized spacial score (nSPS) is 12.4. The Morgan fingerprint density at radius 3 is 2.88 bits per heavy atom. The van der Waals surface area contributed by atoms with Crippen molar-refractivity contribution in [3.8, 4) is 0 Å². The second kappa shape index (κ2) is 7.71. The van der Waals surface area contributed by atoms with E-state index in [0.29, 0.717) is 29.6 Å². The Bertz CT molecular complexity index is 850. The largest absolute Gasteiger partial charge is 0.382 e. The van der Waals surface area contributed by atoms with Gasteiger partial charge in [-0.3, -0.25) is 9.56 Å². The summed E-state index contributed by atoms with van der Waals surface area (Å²) in [4.78, 5) is 4.16. The van der Waals surface area contributed by atoms with Crippen molar-refractivity contribution in [1.29, 1.82) is 9.56 Å². The zero-order valence-corrected chi connectivity index (χ0v) is 15.2. The highest BCUT2D eigenvalue weighted by Gasteiger charge is 2.14. The molecule has 24 heavy (non-hydrogen) atoms. The maximum absolute atomic E-state index is 13.2. The van der Waals surface area contributed by atoms with Crippen LogP contribution in [0.25, 0.3) is 0 Å². The molecule has 0 atom stereocenters. The van der Waals surface area contributed by atoms with Crippen LogP contribution in [0.15, 0.2) is 32.3 Å². The average Bonchev–Trinajstić information content (AvgIpc) is 2.99. The Hall–Kier alpha value is -2.01. The Morgan fingerprint density at radius 1 is 1.46 bits per heavy atom. The summed E-state index contributed by atoms with van der Waals surface area (Å²) in [5.41, 5.74) is 6.58. The van der Waals surface area contributed by atoms with Crippen LogP contribution in [0.2, 0.25) is 0 Å². The number of halogens is 2. The fraction of sp³-hybridized carbons (Fsp3) is 0.308. The zero-order valence-electron chi connectivity index (χ0n) is 12.8. The van der Waals surface area contributed by atoms with E-state index in [0.717, 1.165) is 0 Å². The van der Waals surface area contributed by atoms with Gasteiger partial charge in [-0.05, 0) is 44.4 Å². The number of hydrogen-bond donors (Lipinski definition) is 4. The van der Waals surface area contributed by atoms with E-state index in [1.807, 2.05) is 6.92 Å². The summed E-state index contributed by atoms with van der Waals surface area (Å²) in [5, 5.41) is 10.4. The van der Waals surface area contributed by atoms with Crippen LogP contribution in [0.5, 0.6) is 0 Å². The van der Waals surface area contributed by atoms with Gasteiger partial charge in [0.2, 0.25) is 5.82 Å². The molecule has 8 nitrogen and oxygen atoms in total. The van der Waals surface area contributed by atoms with Gasteiger partial charge in [0.1, 0.15) is 5.82 Å². The minimum absolute atomic E-state index is 0.0584. The number of aromatic nitrogens is 2. The fourth-order valence-electron chi connectivity index (χ4n) is 1.71. The maximum Gasteiger partial charge on any atom is 0.202 e. The van der Waals surface area contributed by atoms with Crippen LogP contribution in [0.3, 0.4) is 0 Å². The summed E-state index contributed by atoms with van der Waals surface area (Å²) in [6.07, 6.45) is 0. The third-order valence-electron chi connectivity index (χ3n) is 3.12. The Morgan fingerprint density at radius 2 is 2.21 bits per heavy atom. The maximum atomic E-state index is 13.2. The van der Waals surface area contributed by atoms with Gasteiger partial charge in [-0.2, -0.15) is 0 Å². The molecule has 0 unspecified atom stereocenters. The molecular weight excluding hydrogens is 401 g/mol. The number of nitrogens with one attached hydrogen (secondary N) is 3. The van der Waals surface area contributed by atoms with Crippen molar-refractivity contribution in [1.82, 2.24) is 10.3 Å². The lowest BCUT2D eigenvalue weighted by Crippen LogP contribution is -2.19. The minimum Gasteiger partial charge on any atom is -0.382 e. The van der Waals surface area contributed by atoms with Crippen molar-refractivity contribution in [3.63, 3.8) is 0 Å². The molecule has 0 aliphatic carbocycles. The molecule has 2 aromatic rings. The number of rotatable bonds is 7. The van der Waals surface area contributed by atoms with Crippen molar-refractivity contribution in [3.05, 3.63) is 34.2 Å².